The number of halogens is 1. The fourth-order valence-corrected chi connectivity index (χ4v) is 4.78. The molecule has 0 N–H and O–H groups in total. The molecule has 0 aromatic heterocycles. The number of benzene rings is 1. The zero-order chi connectivity index (χ0) is 15.1. The minimum Gasteiger partial charge on any atom is -0.342 e. The first kappa shape index (κ1) is 15.2. The van der Waals surface area contributed by atoms with Crippen molar-refractivity contribution in [3.63, 3.8) is 0 Å². The van der Waals surface area contributed by atoms with E-state index in [0.29, 0.717) is 37.6 Å². The first-order valence-electron chi connectivity index (χ1n) is 6.95. The van der Waals surface area contributed by atoms with Gasteiger partial charge in [-0.25, -0.2) is 8.42 Å². The Morgan fingerprint density at radius 2 is 2.05 bits per heavy atom. The van der Waals surface area contributed by atoms with E-state index >= 15 is 0 Å². The van der Waals surface area contributed by atoms with Crippen LogP contribution in [0.1, 0.15) is 17.5 Å². The molecule has 1 aromatic rings. The lowest BCUT2D eigenvalue weighted by Gasteiger charge is -2.39. The summed E-state index contributed by atoms with van der Waals surface area (Å²) in [6.45, 7) is 3.36. The molecule has 0 radical (unpaired) electrons. The Labute approximate surface area is 129 Å². The van der Waals surface area contributed by atoms with Crippen molar-refractivity contribution < 1.29 is 17.9 Å². The monoisotopic (exact) mass is 331 g/mol. The van der Waals surface area contributed by atoms with Gasteiger partial charge in [0.15, 0.2) is 0 Å². The van der Waals surface area contributed by atoms with E-state index in [1.165, 1.54) is 4.31 Å². The molecule has 0 aliphatic carbocycles. The summed E-state index contributed by atoms with van der Waals surface area (Å²) in [5, 5.41) is 0. The second-order valence-corrected chi connectivity index (χ2v) is 7.61. The molecule has 2 aliphatic rings. The first-order chi connectivity index (χ1) is 9.99. The third kappa shape index (κ3) is 2.49. The number of hydrogen-bond acceptors (Lipinski definition) is 4. The Kier molecular flexibility index (Phi) is 4.00. The van der Waals surface area contributed by atoms with E-state index in [-0.39, 0.29) is 11.4 Å². The highest BCUT2D eigenvalue weighted by Gasteiger charge is 2.50. The van der Waals surface area contributed by atoms with Crippen molar-refractivity contribution in [1.29, 1.82) is 0 Å². The smallest absolute Gasteiger partial charge is 0.243 e. The molecular weight excluding hydrogens is 314 g/mol. The average molecular weight is 332 g/mol. The van der Waals surface area contributed by atoms with Gasteiger partial charge < -0.3 is 9.47 Å². The van der Waals surface area contributed by atoms with Gasteiger partial charge in [-0.15, -0.1) is 11.6 Å². The Morgan fingerprint density at radius 1 is 1.33 bits per heavy atom. The molecule has 0 unspecified atom stereocenters. The Morgan fingerprint density at radius 3 is 2.71 bits per heavy atom. The maximum Gasteiger partial charge on any atom is 0.243 e. The zero-order valence-corrected chi connectivity index (χ0v) is 13.4. The lowest BCUT2D eigenvalue weighted by molar-refractivity contribution is -0.176. The number of alkyl halides is 1. The SMILES string of the molecule is Cc1ccc2c(c1)S(=O)(=O)N(CCCCl)CC21OCCO1. The van der Waals surface area contributed by atoms with Crippen molar-refractivity contribution in [1.82, 2.24) is 4.31 Å². The molecule has 0 amide bonds. The Hall–Kier alpha value is -0.660. The predicted molar refractivity (Wildman–Crippen MR) is 78.9 cm³/mol. The van der Waals surface area contributed by atoms with Crippen LogP contribution in [-0.2, 0) is 25.3 Å². The lowest BCUT2D eigenvalue weighted by atomic mass is 10.0. The van der Waals surface area contributed by atoms with Gasteiger partial charge in [-0.05, 0) is 25.0 Å². The summed E-state index contributed by atoms with van der Waals surface area (Å²) in [6.07, 6.45) is 0.595. The Bertz CT molecular complexity index is 640. The lowest BCUT2D eigenvalue weighted by Crippen LogP contribution is -2.50. The molecule has 0 bridgehead atoms. The zero-order valence-electron chi connectivity index (χ0n) is 11.8. The molecule has 116 valence electrons. The standard InChI is InChI=1S/C14H18ClNO4S/c1-11-3-4-12-13(9-11)21(17,18)16(6-2-5-15)10-14(12)19-7-8-20-14/h3-4,9H,2,5-8,10H2,1H3. The van der Waals surface area contributed by atoms with Crippen LogP contribution in [0.25, 0.3) is 0 Å². The van der Waals surface area contributed by atoms with Gasteiger partial charge in [0.2, 0.25) is 15.8 Å². The highest BCUT2D eigenvalue weighted by atomic mass is 35.5. The molecule has 2 aliphatic heterocycles. The molecule has 1 spiro atoms. The number of fused-ring (bicyclic) bond motifs is 2. The highest BCUT2D eigenvalue weighted by molar-refractivity contribution is 7.89. The van der Waals surface area contributed by atoms with Gasteiger partial charge in [0.05, 0.1) is 24.7 Å². The van der Waals surface area contributed by atoms with Crippen LogP contribution in [-0.4, -0.2) is 44.9 Å². The van der Waals surface area contributed by atoms with Gasteiger partial charge in [0, 0.05) is 18.0 Å². The highest BCUT2D eigenvalue weighted by Crippen LogP contribution is 2.42. The first-order valence-corrected chi connectivity index (χ1v) is 8.92. The molecule has 0 saturated carbocycles. The third-order valence-electron chi connectivity index (χ3n) is 3.84. The van der Waals surface area contributed by atoms with Crippen LogP contribution >= 0.6 is 11.6 Å². The van der Waals surface area contributed by atoms with E-state index in [0.717, 1.165) is 5.56 Å². The number of ether oxygens (including phenoxy) is 2. The van der Waals surface area contributed by atoms with Crippen LogP contribution in [0.4, 0.5) is 0 Å². The normalized spacial score (nSPS) is 23.3. The van der Waals surface area contributed by atoms with E-state index in [9.17, 15) is 8.42 Å². The third-order valence-corrected chi connectivity index (χ3v) is 6.00. The minimum atomic E-state index is -3.53. The largest absolute Gasteiger partial charge is 0.342 e. The summed E-state index contributed by atoms with van der Waals surface area (Å²) in [6, 6.07) is 5.37. The number of sulfonamides is 1. The van der Waals surface area contributed by atoms with Crippen LogP contribution in [0.3, 0.4) is 0 Å². The second kappa shape index (κ2) is 5.52. The molecule has 5 nitrogen and oxygen atoms in total. The molecule has 2 heterocycles. The van der Waals surface area contributed by atoms with Gasteiger partial charge >= 0.3 is 0 Å². The topological polar surface area (TPSA) is 55.8 Å². The summed E-state index contributed by atoms with van der Waals surface area (Å²) >= 11 is 5.71. The predicted octanol–water partition coefficient (Wildman–Crippen LogP) is 1.83. The van der Waals surface area contributed by atoms with Crippen molar-refractivity contribution in [2.45, 2.75) is 24.0 Å². The number of nitrogens with zero attached hydrogens (tertiary/aromatic N) is 1. The van der Waals surface area contributed by atoms with Gasteiger partial charge in [-0.1, -0.05) is 12.1 Å². The van der Waals surface area contributed by atoms with Gasteiger partial charge in [-0.2, -0.15) is 4.31 Å². The summed E-state index contributed by atoms with van der Waals surface area (Å²) in [5.41, 5.74) is 1.50. The van der Waals surface area contributed by atoms with Crippen molar-refractivity contribution in [2.24, 2.45) is 0 Å². The van der Waals surface area contributed by atoms with Gasteiger partial charge in [0.25, 0.3) is 0 Å². The van der Waals surface area contributed by atoms with Crippen LogP contribution in [0.15, 0.2) is 23.1 Å². The van der Waals surface area contributed by atoms with Crippen molar-refractivity contribution in [2.75, 3.05) is 32.2 Å². The summed E-state index contributed by atoms with van der Waals surface area (Å²) < 4.78 is 38.5. The van der Waals surface area contributed by atoms with Crippen molar-refractivity contribution in [3.8, 4) is 0 Å². The van der Waals surface area contributed by atoms with E-state index in [1.807, 2.05) is 13.0 Å². The molecule has 3 rings (SSSR count). The molecule has 1 aromatic carbocycles. The molecule has 7 heteroatoms. The fraction of sp³-hybridized carbons (Fsp3) is 0.571. The van der Waals surface area contributed by atoms with Crippen LogP contribution in [0.5, 0.6) is 0 Å². The summed E-state index contributed by atoms with van der Waals surface area (Å²) in [4.78, 5) is 0.283. The summed E-state index contributed by atoms with van der Waals surface area (Å²) in [5.74, 6) is -0.553. The minimum absolute atomic E-state index is 0.183. The summed E-state index contributed by atoms with van der Waals surface area (Å²) in [7, 11) is -3.53. The van der Waals surface area contributed by atoms with Crippen LogP contribution in [0, 0.1) is 6.92 Å². The van der Waals surface area contributed by atoms with E-state index in [4.69, 9.17) is 21.1 Å². The van der Waals surface area contributed by atoms with E-state index < -0.39 is 15.8 Å². The molecule has 21 heavy (non-hydrogen) atoms. The van der Waals surface area contributed by atoms with Crippen molar-refractivity contribution in [3.05, 3.63) is 29.3 Å². The van der Waals surface area contributed by atoms with E-state index in [1.54, 1.807) is 12.1 Å². The average Bonchev–Trinajstić information content (AvgIpc) is 2.91. The maximum absolute atomic E-state index is 12.8. The second-order valence-electron chi connectivity index (χ2n) is 5.33. The fourth-order valence-electron chi connectivity index (χ4n) is 2.84. The molecule has 1 saturated heterocycles. The Balaban J connectivity index is 2.12. The van der Waals surface area contributed by atoms with Crippen LogP contribution in [0.2, 0.25) is 0 Å². The number of aryl methyl sites for hydroxylation is 1. The van der Waals surface area contributed by atoms with Crippen molar-refractivity contribution >= 4 is 21.6 Å². The number of hydrogen-bond donors (Lipinski definition) is 0. The van der Waals surface area contributed by atoms with Gasteiger partial charge in [-0.3, -0.25) is 0 Å². The quantitative estimate of drug-likeness (QED) is 0.793. The van der Waals surface area contributed by atoms with Crippen LogP contribution < -0.4 is 0 Å². The molecule has 1 fully saturated rings. The van der Waals surface area contributed by atoms with E-state index in [2.05, 4.69) is 0 Å². The molecular formula is C14H18ClNO4S. The number of rotatable bonds is 3. The van der Waals surface area contributed by atoms with Gasteiger partial charge in [0.1, 0.15) is 0 Å². The maximum atomic E-state index is 12.8. The molecule has 0 atom stereocenters.